The van der Waals surface area contributed by atoms with Gasteiger partial charge in [-0.2, -0.15) is 0 Å². The zero-order valence-electron chi connectivity index (χ0n) is 16.8. The molecule has 2 aromatic carbocycles. The van der Waals surface area contributed by atoms with Gasteiger partial charge in [-0.1, -0.05) is 32.0 Å². The van der Waals surface area contributed by atoms with Gasteiger partial charge in [0.1, 0.15) is 0 Å². The Morgan fingerprint density at radius 3 is 2.17 bits per heavy atom. The van der Waals surface area contributed by atoms with E-state index in [-0.39, 0.29) is 31.0 Å². The Kier molecular flexibility index (Phi) is 7.73. The molecule has 0 aliphatic rings. The molecule has 0 heterocycles. The summed E-state index contributed by atoms with van der Waals surface area (Å²) in [5.74, 6) is -2.40. The van der Waals surface area contributed by atoms with Gasteiger partial charge >= 0.3 is 0 Å². The van der Waals surface area contributed by atoms with Gasteiger partial charge in [0.05, 0.1) is 11.9 Å². The first-order valence-electron chi connectivity index (χ1n) is 9.50. The number of sulfonamides is 1. The van der Waals surface area contributed by atoms with Crippen LogP contribution in [0, 0.1) is 11.6 Å². The van der Waals surface area contributed by atoms with Gasteiger partial charge in [-0.15, -0.1) is 0 Å². The van der Waals surface area contributed by atoms with Gasteiger partial charge in [-0.25, -0.2) is 17.2 Å². The van der Waals surface area contributed by atoms with E-state index in [0.717, 1.165) is 52.3 Å². The molecule has 0 atom stereocenters. The standard InChI is InChI=1S/C21H26F2N2O3S/c1-4-15-8-6-9-16(5-2)21(15)24-20(26)10-7-13-25(29(3,27)28)17-11-12-18(22)19(23)14-17/h6,8-9,11-12,14H,4-5,7,10,13H2,1-3H3,(H,24,26). The lowest BCUT2D eigenvalue weighted by Crippen LogP contribution is -2.31. The number of hydrogen-bond donors (Lipinski definition) is 1. The minimum atomic E-state index is -3.71. The zero-order chi connectivity index (χ0) is 21.6. The fraction of sp³-hybridized carbons (Fsp3) is 0.381. The van der Waals surface area contributed by atoms with Crippen molar-refractivity contribution in [2.24, 2.45) is 0 Å². The van der Waals surface area contributed by atoms with Crippen LogP contribution >= 0.6 is 0 Å². The number of benzene rings is 2. The van der Waals surface area contributed by atoms with Crippen LogP contribution in [-0.2, 0) is 27.7 Å². The molecule has 1 amide bonds. The van der Waals surface area contributed by atoms with E-state index in [4.69, 9.17) is 0 Å². The second kappa shape index (κ2) is 9.82. The third-order valence-electron chi connectivity index (χ3n) is 4.62. The number of amides is 1. The summed E-state index contributed by atoms with van der Waals surface area (Å²) in [6.07, 6.45) is 2.87. The molecule has 0 bridgehead atoms. The van der Waals surface area contributed by atoms with E-state index >= 15 is 0 Å². The number of para-hydroxylation sites is 1. The normalized spacial score (nSPS) is 11.3. The van der Waals surface area contributed by atoms with Crippen LogP contribution in [0.15, 0.2) is 36.4 Å². The van der Waals surface area contributed by atoms with E-state index in [0.29, 0.717) is 0 Å². The minimum Gasteiger partial charge on any atom is -0.326 e. The lowest BCUT2D eigenvalue weighted by molar-refractivity contribution is -0.116. The molecule has 2 aromatic rings. The van der Waals surface area contributed by atoms with Crippen LogP contribution in [0.2, 0.25) is 0 Å². The van der Waals surface area contributed by atoms with Crippen molar-refractivity contribution >= 4 is 27.3 Å². The maximum absolute atomic E-state index is 13.5. The summed E-state index contributed by atoms with van der Waals surface area (Å²) in [6.45, 7) is 4.00. The molecule has 0 unspecified atom stereocenters. The van der Waals surface area contributed by atoms with Crippen LogP contribution in [0.1, 0.15) is 37.8 Å². The highest BCUT2D eigenvalue weighted by Crippen LogP contribution is 2.24. The average Bonchev–Trinajstić information content (AvgIpc) is 2.66. The fourth-order valence-corrected chi connectivity index (χ4v) is 4.07. The molecule has 0 aliphatic carbocycles. The lowest BCUT2D eigenvalue weighted by Gasteiger charge is -2.22. The average molecular weight is 425 g/mol. The predicted octanol–water partition coefficient (Wildman–Crippen LogP) is 4.27. The van der Waals surface area contributed by atoms with E-state index in [1.165, 1.54) is 6.07 Å². The molecular weight excluding hydrogens is 398 g/mol. The quantitative estimate of drug-likeness (QED) is 0.654. The first kappa shape index (κ1) is 22.8. The van der Waals surface area contributed by atoms with Gasteiger partial charge in [0.2, 0.25) is 15.9 Å². The molecule has 0 saturated carbocycles. The number of rotatable bonds is 9. The first-order chi connectivity index (χ1) is 13.7. The number of nitrogens with one attached hydrogen (secondary N) is 1. The van der Waals surface area contributed by atoms with Crippen molar-refractivity contribution in [3.63, 3.8) is 0 Å². The molecule has 158 valence electrons. The summed E-state index contributed by atoms with van der Waals surface area (Å²) in [7, 11) is -3.71. The number of carbonyl (C=O) groups excluding carboxylic acids is 1. The highest BCUT2D eigenvalue weighted by molar-refractivity contribution is 7.92. The lowest BCUT2D eigenvalue weighted by atomic mass is 10.0. The molecule has 0 spiro atoms. The largest absolute Gasteiger partial charge is 0.326 e. The second-order valence-corrected chi connectivity index (χ2v) is 8.65. The molecule has 0 saturated heterocycles. The first-order valence-corrected chi connectivity index (χ1v) is 11.4. The van der Waals surface area contributed by atoms with Crippen molar-refractivity contribution in [2.45, 2.75) is 39.5 Å². The van der Waals surface area contributed by atoms with Crippen molar-refractivity contribution in [1.29, 1.82) is 0 Å². The van der Waals surface area contributed by atoms with Crippen LogP contribution in [0.3, 0.4) is 0 Å². The van der Waals surface area contributed by atoms with Gasteiger partial charge < -0.3 is 5.32 Å². The topological polar surface area (TPSA) is 66.5 Å². The highest BCUT2D eigenvalue weighted by Gasteiger charge is 2.19. The Morgan fingerprint density at radius 2 is 1.66 bits per heavy atom. The van der Waals surface area contributed by atoms with Crippen LogP contribution in [0.25, 0.3) is 0 Å². The highest BCUT2D eigenvalue weighted by atomic mass is 32.2. The van der Waals surface area contributed by atoms with Crippen molar-refractivity contribution < 1.29 is 22.0 Å². The Balaban J connectivity index is 2.07. The van der Waals surface area contributed by atoms with E-state index in [2.05, 4.69) is 5.32 Å². The Labute approximate surface area is 170 Å². The summed E-state index contributed by atoms with van der Waals surface area (Å²) in [5, 5.41) is 2.93. The maximum atomic E-state index is 13.5. The monoisotopic (exact) mass is 424 g/mol. The third-order valence-corrected chi connectivity index (χ3v) is 5.81. The van der Waals surface area contributed by atoms with Crippen LogP contribution in [-0.4, -0.2) is 27.1 Å². The number of anilines is 2. The van der Waals surface area contributed by atoms with Crippen molar-refractivity contribution in [1.82, 2.24) is 0 Å². The molecule has 2 rings (SSSR count). The van der Waals surface area contributed by atoms with Crippen molar-refractivity contribution in [3.05, 3.63) is 59.2 Å². The van der Waals surface area contributed by atoms with Crippen LogP contribution in [0.4, 0.5) is 20.2 Å². The van der Waals surface area contributed by atoms with Crippen LogP contribution in [0.5, 0.6) is 0 Å². The summed E-state index contributed by atoms with van der Waals surface area (Å²) >= 11 is 0. The summed E-state index contributed by atoms with van der Waals surface area (Å²) in [5.41, 5.74) is 2.91. The minimum absolute atomic E-state index is 0.0205. The number of nitrogens with zero attached hydrogens (tertiary/aromatic N) is 1. The SMILES string of the molecule is CCc1cccc(CC)c1NC(=O)CCCN(c1ccc(F)c(F)c1)S(C)(=O)=O. The fourth-order valence-electron chi connectivity index (χ4n) is 3.11. The van der Waals surface area contributed by atoms with E-state index in [9.17, 15) is 22.0 Å². The number of carbonyl (C=O) groups is 1. The van der Waals surface area contributed by atoms with Gasteiger partial charge in [0.15, 0.2) is 11.6 Å². The van der Waals surface area contributed by atoms with Gasteiger partial charge in [-0.3, -0.25) is 9.10 Å². The van der Waals surface area contributed by atoms with E-state index in [1.54, 1.807) is 0 Å². The molecule has 0 aromatic heterocycles. The zero-order valence-corrected chi connectivity index (χ0v) is 17.7. The number of aryl methyl sites for hydroxylation is 2. The Morgan fingerprint density at radius 1 is 1.03 bits per heavy atom. The summed E-state index contributed by atoms with van der Waals surface area (Å²) in [6, 6.07) is 8.79. The van der Waals surface area contributed by atoms with Crippen molar-refractivity contribution in [2.75, 3.05) is 22.4 Å². The molecule has 0 fully saturated rings. The Hall–Kier alpha value is -2.48. The third kappa shape index (κ3) is 6.00. The van der Waals surface area contributed by atoms with Crippen LogP contribution < -0.4 is 9.62 Å². The maximum Gasteiger partial charge on any atom is 0.232 e. The smallest absolute Gasteiger partial charge is 0.232 e. The number of hydrogen-bond acceptors (Lipinski definition) is 3. The summed E-state index contributed by atoms with van der Waals surface area (Å²) in [4.78, 5) is 12.4. The molecule has 0 radical (unpaired) electrons. The molecule has 1 N–H and O–H groups in total. The van der Waals surface area contributed by atoms with E-state index in [1.807, 2.05) is 32.0 Å². The van der Waals surface area contributed by atoms with Crippen molar-refractivity contribution in [3.8, 4) is 0 Å². The second-order valence-electron chi connectivity index (χ2n) is 6.74. The number of halogens is 2. The molecular formula is C21H26F2N2O3S. The molecule has 29 heavy (non-hydrogen) atoms. The van der Waals surface area contributed by atoms with E-state index < -0.39 is 21.7 Å². The molecule has 5 nitrogen and oxygen atoms in total. The summed E-state index contributed by atoms with van der Waals surface area (Å²) < 4.78 is 51.8. The van der Waals surface area contributed by atoms with Gasteiger partial charge in [0.25, 0.3) is 0 Å². The Bertz CT molecular complexity index is 956. The predicted molar refractivity (Wildman–Crippen MR) is 112 cm³/mol. The molecule has 8 heteroatoms. The van der Waals surface area contributed by atoms with Gasteiger partial charge in [0, 0.05) is 24.7 Å². The van der Waals surface area contributed by atoms with Gasteiger partial charge in [-0.05, 0) is 42.5 Å². The molecule has 0 aliphatic heterocycles.